The molecule has 0 spiro atoms. The Balaban J connectivity index is 2.16. The fraction of sp³-hybridized carbons (Fsp3) is 0.0833. The summed E-state index contributed by atoms with van der Waals surface area (Å²) >= 11 is 5.61. The van der Waals surface area contributed by atoms with Crippen molar-refractivity contribution >= 4 is 11.6 Å². The first kappa shape index (κ1) is 11.8. The van der Waals surface area contributed by atoms with E-state index in [-0.39, 0.29) is 5.75 Å². The number of ether oxygens (including phenoxy) is 1. The van der Waals surface area contributed by atoms with Gasteiger partial charge in [-0.2, -0.15) is 0 Å². The summed E-state index contributed by atoms with van der Waals surface area (Å²) in [5.74, 6) is -1.03. The smallest absolute Gasteiger partial charge is 0.219 e. The van der Waals surface area contributed by atoms with Crippen molar-refractivity contribution in [3.8, 4) is 11.6 Å². The zero-order valence-electron chi connectivity index (χ0n) is 8.66. The molecule has 0 aliphatic rings. The van der Waals surface area contributed by atoms with Gasteiger partial charge in [-0.3, -0.25) is 0 Å². The molecule has 0 saturated carbocycles. The van der Waals surface area contributed by atoms with Gasteiger partial charge in [0.1, 0.15) is 5.75 Å². The number of hydrogen-bond acceptors (Lipinski definition) is 2. The predicted molar refractivity (Wildman–Crippen MR) is 60.2 cm³/mol. The molecule has 5 heteroatoms. The SMILES string of the molecule is Fc1ccc(Oc2ccc(CCl)cn2)cc1F. The van der Waals surface area contributed by atoms with Gasteiger partial charge in [-0.1, -0.05) is 6.07 Å². The molecule has 0 aliphatic heterocycles. The van der Waals surface area contributed by atoms with E-state index in [1.165, 1.54) is 6.07 Å². The third kappa shape index (κ3) is 2.91. The average molecular weight is 256 g/mol. The average Bonchev–Trinajstić information content (AvgIpc) is 2.35. The Labute approximate surface area is 102 Å². The van der Waals surface area contributed by atoms with Crippen molar-refractivity contribution in [3.63, 3.8) is 0 Å². The number of halogens is 3. The quantitative estimate of drug-likeness (QED) is 0.776. The molecule has 1 aromatic carbocycles. The van der Waals surface area contributed by atoms with Gasteiger partial charge in [0, 0.05) is 24.2 Å². The summed E-state index contributed by atoms with van der Waals surface area (Å²) < 4.78 is 30.8. The van der Waals surface area contributed by atoms with Crippen molar-refractivity contribution in [2.75, 3.05) is 0 Å². The van der Waals surface area contributed by atoms with E-state index in [0.717, 1.165) is 17.7 Å². The molecule has 1 heterocycles. The molecular weight excluding hydrogens is 248 g/mol. The van der Waals surface area contributed by atoms with Crippen LogP contribution in [0, 0.1) is 11.6 Å². The minimum atomic E-state index is -0.958. The molecule has 0 saturated heterocycles. The van der Waals surface area contributed by atoms with Crippen LogP contribution in [0.1, 0.15) is 5.56 Å². The van der Waals surface area contributed by atoms with E-state index >= 15 is 0 Å². The minimum absolute atomic E-state index is 0.190. The largest absolute Gasteiger partial charge is 0.439 e. The van der Waals surface area contributed by atoms with Gasteiger partial charge in [-0.15, -0.1) is 11.6 Å². The summed E-state index contributed by atoms with van der Waals surface area (Å²) in [6, 6.07) is 6.65. The molecule has 2 rings (SSSR count). The van der Waals surface area contributed by atoms with E-state index in [1.807, 2.05) is 0 Å². The predicted octanol–water partition coefficient (Wildman–Crippen LogP) is 3.89. The van der Waals surface area contributed by atoms with Crippen LogP contribution in [0.15, 0.2) is 36.5 Å². The highest BCUT2D eigenvalue weighted by Crippen LogP contribution is 2.21. The second-order valence-corrected chi connectivity index (χ2v) is 3.58. The highest BCUT2D eigenvalue weighted by molar-refractivity contribution is 6.17. The van der Waals surface area contributed by atoms with E-state index in [0.29, 0.717) is 11.8 Å². The molecule has 0 bridgehead atoms. The first-order valence-corrected chi connectivity index (χ1v) is 5.36. The van der Waals surface area contributed by atoms with E-state index in [9.17, 15) is 8.78 Å². The monoisotopic (exact) mass is 255 g/mol. The zero-order valence-corrected chi connectivity index (χ0v) is 9.42. The first-order chi connectivity index (χ1) is 8.19. The Kier molecular flexibility index (Phi) is 3.54. The molecule has 88 valence electrons. The number of aromatic nitrogens is 1. The Bertz CT molecular complexity index is 516. The highest BCUT2D eigenvalue weighted by atomic mass is 35.5. The van der Waals surface area contributed by atoms with Crippen LogP contribution in [-0.2, 0) is 5.88 Å². The van der Waals surface area contributed by atoms with E-state index < -0.39 is 11.6 Å². The lowest BCUT2D eigenvalue weighted by Gasteiger charge is -2.05. The van der Waals surface area contributed by atoms with Gasteiger partial charge in [-0.25, -0.2) is 13.8 Å². The van der Waals surface area contributed by atoms with Crippen molar-refractivity contribution in [3.05, 3.63) is 53.7 Å². The molecule has 0 radical (unpaired) electrons. The Morgan fingerprint density at radius 1 is 1.12 bits per heavy atom. The van der Waals surface area contributed by atoms with E-state index in [1.54, 1.807) is 18.3 Å². The van der Waals surface area contributed by atoms with Gasteiger partial charge >= 0.3 is 0 Å². The molecule has 0 fully saturated rings. The lowest BCUT2D eigenvalue weighted by Crippen LogP contribution is -1.91. The maximum atomic E-state index is 12.9. The third-order valence-corrected chi connectivity index (χ3v) is 2.37. The molecule has 0 unspecified atom stereocenters. The molecule has 0 amide bonds. The van der Waals surface area contributed by atoms with Gasteiger partial charge in [-0.05, 0) is 17.7 Å². The molecular formula is C12H8ClF2NO. The normalized spacial score (nSPS) is 10.3. The Hall–Kier alpha value is -1.68. The summed E-state index contributed by atoms with van der Waals surface area (Å²) in [7, 11) is 0. The summed E-state index contributed by atoms with van der Waals surface area (Å²) in [6.07, 6.45) is 1.56. The number of rotatable bonds is 3. The summed E-state index contributed by atoms with van der Waals surface area (Å²) in [4.78, 5) is 3.97. The molecule has 1 aromatic heterocycles. The minimum Gasteiger partial charge on any atom is -0.439 e. The lowest BCUT2D eigenvalue weighted by atomic mass is 10.3. The second kappa shape index (κ2) is 5.10. The van der Waals surface area contributed by atoms with Crippen molar-refractivity contribution in [2.24, 2.45) is 0 Å². The highest BCUT2D eigenvalue weighted by Gasteiger charge is 2.04. The van der Waals surface area contributed by atoms with Gasteiger partial charge in [0.25, 0.3) is 0 Å². The van der Waals surface area contributed by atoms with Crippen molar-refractivity contribution < 1.29 is 13.5 Å². The molecule has 0 aliphatic carbocycles. The molecule has 17 heavy (non-hydrogen) atoms. The van der Waals surface area contributed by atoms with Gasteiger partial charge in [0.2, 0.25) is 5.88 Å². The van der Waals surface area contributed by atoms with E-state index in [4.69, 9.17) is 16.3 Å². The maximum absolute atomic E-state index is 12.9. The zero-order chi connectivity index (χ0) is 12.3. The fourth-order valence-corrected chi connectivity index (χ4v) is 1.37. The van der Waals surface area contributed by atoms with Crippen molar-refractivity contribution in [1.82, 2.24) is 4.98 Å². The topological polar surface area (TPSA) is 22.1 Å². The Morgan fingerprint density at radius 2 is 1.94 bits per heavy atom. The third-order valence-electron chi connectivity index (χ3n) is 2.07. The van der Waals surface area contributed by atoms with Crippen molar-refractivity contribution in [2.45, 2.75) is 5.88 Å². The molecule has 0 N–H and O–H groups in total. The number of alkyl halides is 1. The van der Waals surface area contributed by atoms with Gasteiger partial charge < -0.3 is 4.74 Å². The Morgan fingerprint density at radius 3 is 2.53 bits per heavy atom. The van der Waals surface area contributed by atoms with Crippen LogP contribution in [-0.4, -0.2) is 4.98 Å². The van der Waals surface area contributed by atoms with E-state index in [2.05, 4.69) is 4.98 Å². The first-order valence-electron chi connectivity index (χ1n) is 4.83. The number of benzene rings is 1. The maximum Gasteiger partial charge on any atom is 0.219 e. The summed E-state index contributed by atoms with van der Waals surface area (Å²) in [6.45, 7) is 0. The van der Waals surface area contributed by atoms with Gasteiger partial charge in [0.15, 0.2) is 11.6 Å². The van der Waals surface area contributed by atoms with Crippen LogP contribution in [0.4, 0.5) is 8.78 Å². The van der Waals surface area contributed by atoms with Gasteiger partial charge in [0.05, 0.1) is 0 Å². The summed E-state index contributed by atoms with van der Waals surface area (Å²) in [5.41, 5.74) is 0.851. The van der Waals surface area contributed by atoms with Crippen LogP contribution in [0.2, 0.25) is 0 Å². The fourth-order valence-electron chi connectivity index (χ4n) is 1.21. The molecule has 2 aromatic rings. The second-order valence-electron chi connectivity index (χ2n) is 3.32. The van der Waals surface area contributed by atoms with Crippen molar-refractivity contribution in [1.29, 1.82) is 0 Å². The van der Waals surface area contributed by atoms with Crippen LogP contribution >= 0.6 is 11.6 Å². The van der Waals surface area contributed by atoms with Crippen LogP contribution in [0.25, 0.3) is 0 Å². The number of hydrogen-bond donors (Lipinski definition) is 0. The standard InChI is InChI=1S/C12H8ClF2NO/c13-6-8-1-4-12(16-7-8)17-9-2-3-10(14)11(15)5-9/h1-5,7H,6H2. The molecule has 0 atom stereocenters. The van der Waals surface area contributed by atoms with Crippen LogP contribution in [0.3, 0.4) is 0 Å². The van der Waals surface area contributed by atoms with Crippen LogP contribution in [0.5, 0.6) is 11.6 Å². The number of pyridine rings is 1. The molecule has 2 nitrogen and oxygen atoms in total. The lowest BCUT2D eigenvalue weighted by molar-refractivity contribution is 0.447. The van der Waals surface area contributed by atoms with Crippen LogP contribution < -0.4 is 4.74 Å². The number of nitrogens with zero attached hydrogens (tertiary/aromatic N) is 1. The summed E-state index contributed by atoms with van der Waals surface area (Å²) in [5, 5.41) is 0.